The number of rotatable bonds is 4. The molecule has 0 radical (unpaired) electrons. The summed E-state index contributed by atoms with van der Waals surface area (Å²) in [6.45, 7) is 6.45. The number of aromatic nitrogens is 2. The van der Waals surface area contributed by atoms with Gasteiger partial charge in [0, 0.05) is 43.5 Å². The van der Waals surface area contributed by atoms with E-state index in [1.54, 1.807) is 0 Å². The van der Waals surface area contributed by atoms with Crippen molar-refractivity contribution in [1.82, 2.24) is 19.8 Å². The normalized spacial score (nSPS) is 18.4. The first-order valence-electron chi connectivity index (χ1n) is 10.2. The van der Waals surface area contributed by atoms with Gasteiger partial charge in [0.2, 0.25) is 0 Å². The molecule has 2 aliphatic rings. The highest BCUT2D eigenvalue weighted by atomic mass is 16.2. The highest BCUT2D eigenvalue weighted by Crippen LogP contribution is 2.38. The van der Waals surface area contributed by atoms with Crippen molar-refractivity contribution in [2.75, 3.05) is 13.1 Å². The summed E-state index contributed by atoms with van der Waals surface area (Å²) in [6, 6.07) is 8.84. The molecule has 5 heteroatoms. The lowest BCUT2D eigenvalue weighted by Gasteiger charge is -2.35. The highest BCUT2D eigenvalue weighted by Gasteiger charge is 2.30. The summed E-state index contributed by atoms with van der Waals surface area (Å²) in [5, 5.41) is 3.06. The molecule has 2 amide bonds. The third-order valence-electron chi connectivity index (χ3n) is 6.16. The summed E-state index contributed by atoms with van der Waals surface area (Å²) >= 11 is 0. The van der Waals surface area contributed by atoms with E-state index in [9.17, 15) is 4.79 Å². The van der Waals surface area contributed by atoms with Crippen LogP contribution in [0, 0.1) is 13.8 Å². The lowest BCUT2D eigenvalue weighted by atomic mass is 9.84. The van der Waals surface area contributed by atoms with E-state index in [0.29, 0.717) is 18.5 Å². The van der Waals surface area contributed by atoms with Crippen LogP contribution in [0.1, 0.15) is 66.7 Å². The molecular weight excluding hydrogens is 336 g/mol. The van der Waals surface area contributed by atoms with Crippen LogP contribution in [0.3, 0.4) is 0 Å². The number of piperidine rings is 1. The van der Waals surface area contributed by atoms with E-state index >= 15 is 0 Å². The molecule has 27 heavy (non-hydrogen) atoms. The lowest BCUT2D eigenvalue weighted by molar-refractivity contribution is 0.169. The number of carbonyl (C=O) groups is 1. The summed E-state index contributed by atoms with van der Waals surface area (Å²) in [6.07, 6.45) is 7.92. The molecule has 0 bridgehead atoms. The second-order valence-corrected chi connectivity index (χ2v) is 8.12. The molecule has 1 saturated carbocycles. The van der Waals surface area contributed by atoms with Gasteiger partial charge in [0.05, 0.1) is 0 Å². The van der Waals surface area contributed by atoms with Crippen LogP contribution in [0.4, 0.5) is 4.79 Å². The largest absolute Gasteiger partial charge is 0.334 e. The van der Waals surface area contributed by atoms with Gasteiger partial charge in [0.1, 0.15) is 5.82 Å². The fraction of sp³-hybridized carbons (Fsp3) is 0.545. The van der Waals surface area contributed by atoms with Gasteiger partial charge in [0.15, 0.2) is 0 Å². The first-order valence-corrected chi connectivity index (χ1v) is 10.2. The zero-order valence-corrected chi connectivity index (χ0v) is 16.4. The highest BCUT2D eigenvalue weighted by molar-refractivity contribution is 5.74. The Morgan fingerprint density at radius 2 is 1.81 bits per heavy atom. The Labute approximate surface area is 161 Å². The van der Waals surface area contributed by atoms with Gasteiger partial charge < -0.3 is 14.8 Å². The number of likely N-dealkylation sites (tertiary alicyclic amines) is 1. The van der Waals surface area contributed by atoms with Crippen LogP contribution in [-0.4, -0.2) is 33.6 Å². The number of carbonyl (C=O) groups excluding carboxylic acids is 1. The Bertz CT molecular complexity index is 783. The molecule has 0 unspecified atom stereocenters. The minimum Gasteiger partial charge on any atom is -0.334 e. The van der Waals surface area contributed by atoms with Gasteiger partial charge in [-0.1, -0.05) is 36.2 Å². The molecule has 2 fully saturated rings. The number of aryl methyl sites for hydroxylation is 2. The van der Waals surface area contributed by atoms with Crippen LogP contribution in [0.25, 0.3) is 0 Å². The molecule has 1 aromatic heterocycles. The first kappa shape index (κ1) is 18.1. The number of nitrogens with zero attached hydrogens (tertiary/aromatic N) is 3. The monoisotopic (exact) mass is 366 g/mol. The fourth-order valence-electron chi connectivity index (χ4n) is 4.23. The van der Waals surface area contributed by atoms with E-state index in [2.05, 4.69) is 48.0 Å². The average Bonchev–Trinajstić information content (AvgIpc) is 3.01. The maximum atomic E-state index is 12.5. The maximum Gasteiger partial charge on any atom is 0.317 e. The lowest BCUT2D eigenvalue weighted by Crippen LogP contribution is -2.44. The minimum atomic E-state index is 0.0515. The van der Waals surface area contributed by atoms with E-state index < -0.39 is 0 Å². The van der Waals surface area contributed by atoms with Crippen LogP contribution in [0.15, 0.2) is 30.5 Å². The van der Waals surface area contributed by atoms with Crippen LogP contribution in [0.5, 0.6) is 0 Å². The van der Waals surface area contributed by atoms with E-state index in [-0.39, 0.29) is 6.03 Å². The van der Waals surface area contributed by atoms with E-state index in [1.807, 2.05) is 11.1 Å². The van der Waals surface area contributed by atoms with Crippen molar-refractivity contribution >= 4 is 6.03 Å². The molecular formula is C22H30N4O. The van der Waals surface area contributed by atoms with E-state index in [1.165, 1.54) is 36.3 Å². The maximum absolute atomic E-state index is 12.5. The minimum absolute atomic E-state index is 0.0515. The van der Waals surface area contributed by atoms with Crippen molar-refractivity contribution < 1.29 is 4.79 Å². The van der Waals surface area contributed by atoms with Crippen molar-refractivity contribution in [3.63, 3.8) is 0 Å². The molecule has 2 aromatic rings. The molecule has 1 aromatic carbocycles. The third kappa shape index (κ3) is 3.87. The van der Waals surface area contributed by atoms with E-state index in [0.717, 1.165) is 31.5 Å². The van der Waals surface area contributed by atoms with Gasteiger partial charge in [-0.05, 0) is 45.1 Å². The predicted octanol–water partition coefficient (Wildman–Crippen LogP) is 4.31. The number of benzene rings is 1. The van der Waals surface area contributed by atoms with Crippen molar-refractivity contribution in [2.45, 2.75) is 64.5 Å². The van der Waals surface area contributed by atoms with Gasteiger partial charge in [-0.3, -0.25) is 0 Å². The molecule has 5 nitrogen and oxygen atoms in total. The molecule has 1 N–H and O–H groups in total. The summed E-state index contributed by atoms with van der Waals surface area (Å²) in [7, 11) is 0. The van der Waals surface area contributed by atoms with Crippen molar-refractivity contribution in [3.8, 4) is 0 Å². The van der Waals surface area contributed by atoms with Gasteiger partial charge in [-0.15, -0.1) is 0 Å². The van der Waals surface area contributed by atoms with E-state index in [4.69, 9.17) is 4.98 Å². The molecule has 2 heterocycles. The van der Waals surface area contributed by atoms with Crippen LogP contribution < -0.4 is 5.32 Å². The molecule has 1 aliphatic heterocycles. The van der Waals surface area contributed by atoms with Gasteiger partial charge >= 0.3 is 6.03 Å². The van der Waals surface area contributed by atoms with Crippen molar-refractivity contribution in [2.24, 2.45) is 0 Å². The van der Waals surface area contributed by atoms with Gasteiger partial charge in [-0.25, -0.2) is 9.78 Å². The average molecular weight is 367 g/mol. The molecule has 0 spiro atoms. The van der Waals surface area contributed by atoms with Crippen molar-refractivity contribution in [3.05, 3.63) is 53.1 Å². The molecule has 4 rings (SSSR count). The second kappa shape index (κ2) is 7.75. The SMILES string of the molecule is Cc1ccc(CNC(=O)N2CCC(n3c(C)cnc3C3CCC3)CC2)cc1. The Morgan fingerprint density at radius 3 is 2.44 bits per heavy atom. The topological polar surface area (TPSA) is 50.2 Å². The quantitative estimate of drug-likeness (QED) is 0.876. The second-order valence-electron chi connectivity index (χ2n) is 8.12. The standard InChI is InChI=1S/C22H30N4O/c1-16-6-8-18(9-7-16)15-24-22(27)25-12-10-20(11-13-25)26-17(2)14-23-21(26)19-4-3-5-19/h6-9,14,19-20H,3-5,10-13,15H2,1-2H3,(H,24,27). The Kier molecular flexibility index (Phi) is 5.19. The summed E-state index contributed by atoms with van der Waals surface area (Å²) in [5.74, 6) is 1.93. The number of urea groups is 1. The molecule has 0 atom stereocenters. The zero-order chi connectivity index (χ0) is 18.8. The smallest absolute Gasteiger partial charge is 0.317 e. The number of imidazole rings is 1. The van der Waals surface area contributed by atoms with Crippen LogP contribution >= 0.6 is 0 Å². The van der Waals surface area contributed by atoms with Crippen LogP contribution in [0.2, 0.25) is 0 Å². The Hall–Kier alpha value is -2.30. The fourth-order valence-corrected chi connectivity index (χ4v) is 4.23. The molecule has 1 saturated heterocycles. The zero-order valence-electron chi connectivity index (χ0n) is 16.4. The summed E-state index contributed by atoms with van der Waals surface area (Å²) < 4.78 is 2.46. The molecule has 144 valence electrons. The Balaban J connectivity index is 1.31. The van der Waals surface area contributed by atoms with Crippen LogP contribution in [-0.2, 0) is 6.54 Å². The summed E-state index contributed by atoms with van der Waals surface area (Å²) in [5.41, 5.74) is 3.64. The first-order chi connectivity index (χ1) is 13.1. The van der Waals surface area contributed by atoms with Crippen molar-refractivity contribution in [1.29, 1.82) is 0 Å². The van der Waals surface area contributed by atoms with Gasteiger partial charge in [0.25, 0.3) is 0 Å². The number of hydrogen-bond acceptors (Lipinski definition) is 2. The number of nitrogens with one attached hydrogen (secondary N) is 1. The molecule has 1 aliphatic carbocycles. The number of amides is 2. The van der Waals surface area contributed by atoms with Gasteiger partial charge in [-0.2, -0.15) is 0 Å². The Morgan fingerprint density at radius 1 is 1.11 bits per heavy atom. The third-order valence-corrected chi connectivity index (χ3v) is 6.16. The predicted molar refractivity (Wildman–Crippen MR) is 107 cm³/mol. The number of hydrogen-bond donors (Lipinski definition) is 1. The summed E-state index contributed by atoms with van der Waals surface area (Å²) in [4.78, 5) is 19.2.